The van der Waals surface area contributed by atoms with E-state index in [1.54, 1.807) is 0 Å². The second kappa shape index (κ2) is 15.2. The van der Waals surface area contributed by atoms with Crippen LogP contribution in [0.3, 0.4) is 0 Å². The van der Waals surface area contributed by atoms with Gasteiger partial charge in [0.15, 0.2) is 0 Å². The predicted octanol–water partition coefficient (Wildman–Crippen LogP) is 16.5. The van der Waals surface area contributed by atoms with Gasteiger partial charge in [0, 0.05) is 54.2 Å². The molecule has 0 bridgehead atoms. The van der Waals surface area contributed by atoms with Crippen molar-refractivity contribution in [2.24, 2.45) is 0 Å². The van der Waals surface area contributed by atoms with Crippen LogP contribution in [0, 0.1) is 0 Å². The molecule has 0 atom stereocenters. The lowest BCUT2D eigenvalue weighted by Crippen LogP contribution is -2.41. The van der Waals surface area contributed by atoms with E-state index in [0.29, 0.717) is 5.02 Å². The van der Waals surface area contributed by atoms with E-state index in [9.17, 15) is 0 Å². The van der Waals surface area contributed by atoms with Crippen molar-refractivity contribution >= 4 is 112 Å². The molecular formula is C56H46BClO6. The lowest BCUT2D eigenvalue weighted by molar-refractivity contribution is 0.00578. The minimum atomic E-state index is -0.417. The van der Waals surface area contributed by atoms with E-state index in [0.717, 1.165) is 115 Å². The maximum atomic E-state index is 6.26. The summed E-state index contributed by atoms with van der Waals surface area (Å²) in [6.45, 7) is 8.27. The number of rotatable bonds is 3. The number of fused-ring (bicyclic) bond motifs is 12. The Hall–Kier alpha value is -6.77. The van der Waals surface area contributed by atoms with E-state index in [2.05, 4.69) is 107 Å². The van der Waals surface area contributed by atoms with E-state index >= 15 is 0 Å². The summed E-state index contributed by atoms with van der Waals surface area (Å²) in [5.41, 5.74) is 11.7. The van der Waals surface area contributed by atoms with Gasteiger partial charge in [0.05, 0.1) is 11.2 Å². The van der Waals surface area contributed by atoms with Crippen molar-refractivity contribution in [2.45, 2.75) is 53.8 Å². The smallest absolute Gasteiger partial charge is 0.456 e. The highest BCUT2D eigenvalue weighted by Crippen LogP contribution is 2.42. The number of hydrogen-bond donors (Lipinski definition) is 0. The molecule has 8 heteroatoms. The molecule has 1 aliphatic rings. The third-order valence-electron chi connectivity index (χ3n) is 12.9. The third-order valence-corrected chi connectivity index (χ3v) is 13.1. The van der Waals surface area contributed by atoms with Crippen molar-refractivity contribution in [1.29, 1.82) is 0 Å². The standard InChI is InChI=1S/C30H25BO4.C24H13ClO2.2CH4/c1-29(2)30(3,4)35-31(34-29)19-13-14-21-23-16-18(12-15-25(23)33-27(21)17-19)20-9-7-11-26-28(20)22-8-5-6-10-24(22)32-26;25-15-9-10-17-19-12-14(8-11-21(19)27-23(17)13-15)16-5-3-7-22-24(16)18-4-1-2-6-20(18)26-22;;/h5-17H,1-4H3;1-13H;2*1H4. The van der Waals surface area contributed by atoms with Gasteiger partial charge in [0.2, 0.25) is 0 Å². The van der Waals surface area contributed by atoms with Crippen LogP contribution >= 0.6 is 11.6 Å². The van der Waals surface area contributed by atoms with Gasteiger partial charge in [-0.15, -0.1) is 0 Å². The quantitative estimate of drug-likeness (QED) is 0.165. The highest BCUT2D eigenvalue weighted by Gasteiger charge is 2.51. The van der Waals surface area contributed by atoms with Crippen molar-refractivity contribution in [1.82, 2.24) is 0 Å². The molecule has 8 aromatic carbocycles. The summed E-state index contributed by atoms with van der Waals surface area (Å²) in [5.74, 6) is 0. The summed E-state index contributed by atoms with van der Waals surface area (Å²) in [6.07, 6.45) is 0. The molecule has 4 aromatic heterocycles. The SMILES string of the molecule is C.C.CC1(C)OB(c2ccc3c(c2)oc2ccc(-c4cccc5oc6ccccc6c45)cc23)OC1(C)C.Clc1ccc2c(c1)oc1ccc(-c3cccc4oc5ccccc5c34)cc12. The Kier molecular flexibility index (Phi) is 9.80. The van der Waals surface area contributed by atoms with E-state index in [1.807, 2.05) is 78.9 Å². The zero-order chi connectivity index (χ0) is 41.9. The number of hydrogen-bond acceptors (Lipinski definition) is 6. The second-order valence-electron chi connectivity index (χ2n) is 17.2. The molecule has 316 valence electrons. The van der Waals surface area contributed by atoms with Crippen LogP contribution in [0.5, 0.6) is 0 Å². The minimum absolute atomic E-state index is 0. The van der Waals surface area contributed by atoms with Crippen LogP contribution in [0.15, 0.2) is 175 Å². The molecule has 1 aliphatic heterocycles. The van der Waals surface area contributed by atoms with Gasteiger partial charge in [-0.2, -0.15) is 0 Å². The Bertz CT molecular complexity index is 3740. The molecular weight excluding hydrogens is 815 g/mol. The Morgan fingerprint density at radius 2 is 0.812 bits per heavy atom. The van der Waals surface area contributed by atoms with Crippen LogP contribution in [0.25, 0.3) is 110 Å². The molecule has 0 spiro atoms. The first-order chi connectivity index (χ1) is 30.1. The topological polar surface area (TPSA) is 71.0 Å². The summed E-state index contributed by atoms with van der Waals surface area (Å²) in [5, 5.41) is 9.53. The first-order valence-corrected chi connectivity index (χ1v) is 21.2. The summed E-state index contributed by atoms with van der Waals surface area (Å²) < 4.78 is 36.9. The molecule has 13 rings (SSSR count). The van der Waals surface area contributed by atoms with Crippen molar-refractivity contribution < 1.29 is 27.0 Å². The molecule has 0 unspecified atom stereocenters. The number of para-hydroxylation sites is 2. The molecule has 5 heterocycles. The fourth-order valence-corrected chi connectivity index (χ4v) is 9.20. The molecule has 0 aliphatic carbocycles. The van der Waals surface area contributed by atoms with Gasteiger partial charge in [-0.3, -0.25) is 0 Å². The fourth-order valence-electron chi connectivity index (χ4n) is 9.04. The van der Waals surface area contributed by atoms with Crippen molar-refractivity contribution in [2.75, 3.05) is 0 Å². The van der Waals surface area contributed by atoms with E-state index < -0.39 is 7.12 Å². The first kappa shape index (κ1) is 41.3. The normalized spacial score (nSPS) is 14.5. The average molecular weight is 861 g/mol. The van der Waals surface area contributed by atoms with Crippen molar-refractivity contribution in [3.63, 3.8) is 0 Å². The molecule has 1 fully saturated rings. The molecule has 64 heavy (non-hydrogen) atoms. The zero-order valence-electron chi connectivity index (χ0n) is 34.4. The minimum Gasteiger partial charge on any atom is -0.456 e. The lowest BCUT2D eigenvalue weighted by Gasteiger charge is -2.32. The van der Waals surface area contributed by atoms with Gasteiger partial charge < -0.3 is 27.0 Å². The molecule has 1 saturated heterocycles. The van der Waals surface area contributed by atoms with Gasteiger partial charge in [-0.1, -0.05) is 111 Å². The lowest BCUT2D eigenvalue weighted by atomic mass is 9.79. The Morgan fingerprint density at radius 1 is 0.375 bits per heavy atom. The highest BCUT2D eigenvalue weighted by molar-refractivity contribution is 6.62. The van der Waals surface area contributed by atoms with Crippen LogP contribution in [-0.2, 0) is 9.31 Å². The van der Waals surface area contributed by atoms with Gasteiger partial charge in [0.25, 0.3) is 0 Å². The molecule has 0 radical (unpaired) electrons. The van der Waals surface area contributed by atoms with E-state index in [4.69, 9.17) is 38.6 Å². The van der Waals surface area contributed by atoms with Crippen LogP contribution < -0.4 is 5.46 Å². The predicted molar refractivity (Wildman–Crippen MR) is 267 cm³/mol. The summed E-state index contributed by atoms with van der Waals surface area (Å²) in [4.78, 5) is 0. The Balaban J connectivity index is 0.000000151. The molecule has 0 N–H and O–H groups in total. The number of benzene rings is 8. The van der Waals surface area contributed by atoms with Crippen LogP contribution in [-0.4, -0.2) is 18.3 Å². The van der Waals surface area contributed by atoms with Crippen molar-refractivity contribution in [3.05, 3.63) is 163 Å². The molecule has 6 nitrogen and oxygen atoms in total. The zero-order valence-corrected chi connectivity index (χ0v) is 35.2. The molecule has 12 aromatic rings. The Morgan fingerprint density at radius 3 is 1.34 bits per heavy atom. The van der Waals surface area contributed by atoms with Crippen molar-refractivity contribution in [3.8, 4) is 22.3 Å². The van der Waals surface area contributed by atoms with Gasteiger partial charge in [-0.05, 0) is 122 Å². The summed E-state index contributed by atoms with van der Waals surface area (Å²) in [7, 11) is -0.417. The highest BCUT2D eigenvalue weighted by atomic mass is 35.5. The summed E-state index contributed by atoms with van der Waals surface area (Å²) >= 11 is 6.11. The second-order valence-corrected chi connectivity index (χ2v) is 17.6. The maximum absolute atomic E-state index is 6.26. The van der Waals surface area contributed by atoms with E-state index in [-0.39, 0.29) is 26.1 Å². The number of furan rings is 4. The Labute approximate surface area is 376 Å². The molecule has 0 saturated carbocycles. The average Bonchev–Trinajstić information content (AvgIpc) is 4.08. The summed E-state index contributed by atoms with van der Waals surface area (Å²) in [6, 6.07) is 53.5. The van der Waals surface area contributed by atoms with Gasteiger partial charge >= 0.3 is 7.12 Å². The first-order valence-electron chi connectivity index (χ1n) is 20.8. The van der Waals surface area contributed by atoms with Crippen LogP contribution in [0.4, 0.5) is 0 Å². The molecule has 0 amide bonds. The monoisotopic (exact) mass is 860 g/mol. The fraction of sp³-hybridized carbons (Fsp3) is 0.143. The van der Waals surface area contributed by atoms with Crippen LogP contribution in [0.1, 0.15) is 42.5 Å². The van der Waals surface area contributed by atoms with Crippen LogP contribution in [0.2, 0.25) is 5.02 Å². The van der Waals surface area contributed by atoms with E-state index in [1.165, 1.54) is 0 Å². The number of halogens is 1. The van der Waals surface area contributed by atoms with Gasteiger partial charge in [0.1, 0.15) is 44.7 Å². The maximum Gasteiger partial charge on any atom is 0.494 e. The third kappa shape index (κ3) is 6.49. The van der Waals surface area contributed by atoms with Gasteiger partial charge in [-0.25, -0.2) is 0 Å². The largest absolute Gasteiger partial charge is 0.494 e.